The van der Waals surface area contributed by atoms with Crippen LogP contribution in [0.4, 0.5) is 0 Å². The van der Waals surface area contributed by atoms with E-state index in [0.29, 0.717) is 0 Å². The lowest BCUT2D eigenvalue weighted by Crippen LogP contribution is -1.82. The number of hydrogen-bond acceptors (Lipinski definition) is 0. The maximum absolute atomic E-state index is 5.72. The predicted molar refractivity (Wildman–Crippen MR) is 34.0 cm³/mol. The molecule has 43 valence electrons. The summed E-state index contributed by atoms with van der Waals surface area (Å²) in [7, 11) is 1.89. The normalized spacial score (nSPS) is 9.88. The summed E-state index contributed by atoms with van der Waals surface area (Å²) < 4.78 is 1.83. The van der Waals surface area contributed by atoms with Gasteiger partial charge < -0.3 is 4.57 Å². The quantitative estimate of drug-likeness (QED) is 0.502. The van der Waals surface area contributed by atoms with Crippen LogP contribution < -0.4 is 0 Å². The van der Waals surface area contributed by atoms with Gasteiger partial charge >= 0.3 is 0 Å². The van der Waals surface area contributed by atoms with Gasteiger partial charge in [0.1, 0.15) is 5.15 Å². The van der Waals surface area contributed by atoms with E-state index in [1.807, 2.05) is 24.7 Å². The summed E-state index contributed by atoms with van der Waals surface area (Å²) in [6, 6.07) is 2.97. The van der Waals surface area contributed by atoms with Crippen molar-refractivity contribution in [3.05, 3.63) is 23.0 Å². The van der Waals surface area contributed by atoms with E-state index in [4.69, 9.17) is 11.6 Å². The van der Waals surface area contributed by atoms with E-state index in [2.05, 4.69) is 6.07 Å². The molecule has 0 N–H and O–H groups in total. The van der Waals surface area contributed by atoms with E-state index in [-0.39, 0.29) is 0 Å². The first kappa shape index (κ1) is 5.70. The summed E-state index contributed by atoms with van der Waals surface area (Å²) >= 11 is 5.72. The second-order valence-corrected chi connectivity index (χ2v) is 2.16. The van der Waals surface area contributed by atoms with Gasteiger partial charge in [0.15, 0.2) is 0 Å². The second kappa shape index (κ2) is 1.82. The van der Waals surface area contributed by atoms with Gasteiger partial charge in [0.05, 0.1) is 0 Å². The Kier molecular flexibility index (Phi) is 1.30. The van der Waals surface area contributed by atoms with Crippen LogP contribution >= 0.6 is 11.6 Å². The van der Waals surface area contributed by atoms with E-state index in [1.165, 1.54) is 0 Å². The largest absolute Gasteiger partial charge is 0.341 e. The first-order chi connectivity index (χ1) is 3.72. The number of aromatic nitrogens is 1. The number of aryl methyl sites for hydroxylation is 2. The van der Waals surface area contributed by atoms with Gasteiger partial charge in [-0.1, -0.05) is 11.6 Å². The minimum Gasteiger partial charge on any atom is -0.341 e. The van der Waals surface area contributed by atoms with Gasteiger partial charge in [-0.25, -0.2) is 0 Å². The van der Waals surface area contributed by atoms with Crippen LogP contribution in [-0.2, 0) is 7.05 Å². The zero-order valence-electron chi connectivity index (χ0n) is 4.90. The Balaban J connectivity index is 3.19. The molecule has 0 atom stereocenters. The van der Waals surface area contributed by atoms with Gasteiger partial charge in [-0.15, -0.1) is 0 Å². The summed E-state index contributed by atoms with van der Waals surface area (Å²) in [5.41, 5.74) is 1.01. The summed E-state index contributed by atoms with van der Waals surface area (Å²) in [5, 5.41) is 0.769. The van der Waals surface area contributed by atoms with Crippen LogP contribution in [0.15, 0.2) is 6.20 Å². The Hall–Kier alpha value is -0.430. The van der Waals surface area contributed by atoms with Crippen LogP contribution in [0, 0.1) is 13.0 Å². The molecule has 0 fully saturated rings. The zero-order valence-corrected chi connectivity index (χ0v) is 5.66. The molecular weight excluding hydrogens is 122 g/mol. The molecule has 0 saturated carbocycles. The van der Waals surface area contributed by atoms with Crippen molar-refractivity contribution in [3.63, 3.8) is 0 Å². The van der Waals surface area contributed by atoms with Crippen molar-refractivity contribution in [2.24, 2.45) is 7.05 Å². The summed E-state index contributed by atoms with van der Waals surface area (Å²) in [5.74, 6) is 0. The van der Waals surface area contributed by atoms with E-state index >= 15 is 0 Å². The average Bonchev–Trinajstić information content (AvgIpc) is 1.98. The molecule has 1 aromatic rings. The fourth-order valence-corrected chi connectivity index (χ4v) is 0.678. The molecule has 1 radical (unpaired) electrons. The van der Waals surface area contributed by atoms with E-state index in [0.717, 1.165) is 10.7 Å². The lowest BCUT2D eigenvalue weighted by atomic mass is 10.4. The molecule has 0 aromatic carbocycles. The molecule has 0 spiro atoms. The third-order valence-corrected chi connectivity index (χ3v) is 1.64. The molecule has 1 rings (SSSR count). The molecule has 1 aromatic heterocycles. The average molecular weight is 129 g/mol. The van der Waals surface area contributed by atoms with Crippen molar-refractivity contribution in [1.82, 2.24) is 4.57 Å². The fourth-order valence-electron chi connectivity index (χ4n) is 0.574. The number of nitrogens with zero attached hydrogens (tertiary/aromatic N) is 1. The zero-order chi connectivity index (χ0) is 6.15. The maximum atomic E-state index is 5.72. The first-order valence-corrected chi connectivity index (χ1v) is 2.78. The van der Waals surface area contributed by atoms with Crippen molar-refractivity contribution < 1.29 is 0 Å². The fraction of sp³-hybridized carbons (Fsp3) is 0.333. The summed E-state index contributed by atoms with van der Waals surface area (Å²) in [6.45, 7) is 1.93. The highest BCUT2D eigenvalue weighted by Crippen LogP contribution is 2.12. The maximum Gasteiger partial charge on any atom is 0.112 e. The second-order valence-electron chi connectivity index (χ2n) is 1.80. The third kappa shape index (κ3) is 0.736. The molecule has 0 aliphatic carbocycles. The van der Waals surface area contributed by atoms with Gasteiger partial charge in [-0.05, 0) is 12.5 Å². The molecule has 0 aliphatic rings. The highest BCUT2D eigenvalue weighted by Gasteiger charge is 1.95. The van der Waals surface area contributed by atoms with Crippen molar-refractivity contribution in [3.8, 4) is 0 Å². The number of rotatable bonds is 0. The SMILES string of the molecule is Cc1[c]cn(C)c1Cl. The molecule has 8 heavy (non-hydrogen) atoms. The summed E-state index contributed by atoms with van der Waals surface area (Å²) in [4.78, 5) is 0. The summed E-state index contributed by atoms with van der Waals surface area (Å²) in [6.07, 6.45) is 1.82. The molecule has 0 saturated heterocycles. The van der Waals surface area contributed by atoms with Crippen LogP contribution in [0.2, 0.25) is 5.15 Å². The van der Waals surface area contributed by atoms with Crippen LogP contribution in [0.5, 0.6) is 0 Å². The molecule has 0 unspecified atom stereocenters. The van der Waals surface area contributed by atoms with Gasteiger partial charge in [0.25, 0.3) is 0 Å². The van der Waals surface area contributed by atoms with Crippen LogP contribution in [0.25, 0.3) is 0 Å². The lowest BCUT2D eigenvalue weighted by molar-refractivity contribution is 0.925. The Morgan fingerprint density at radius 2 is 2.38 bits per heavy atom. The minimum absolute atomic E-state index is 0.769. The number of hydrogen-bond donors (Lipinski definition) is 0. The van der Waals surface area contributed by atoms with E-state index < -0.39 is 0 Å². The Bertz CT molecular complexity index is 171. The Morgan fingerprint density at radius 1 is 1.75 bits per heavy atom. The third-order valence-electron chi connectivity index (χ3n) is 1.09. The minimum atomic E-state index is 0.769. The molecule has 2 heteroatoms. The van der Waals surface area contributed by atoms with Gasteiger partial charge in [0.2, 0.25) is 0 Å². The highest BCUT2D eigenvalue weighted by atomic mass is 35.5. The molecular formula is C6H7ClN. The predicted octanol–water partition coefficient (Wildman–Crippen LogP) is 1.79. The molecule has 1 heterocycles. The monoisotopic (exact) mass is 128 g/mol. The van der Waals surface area contributed by atoms with Crippen molar-refractivity contribution >= 4 is 11.6 Å². The molecule has 0 bridgehead atoms. The molecule has 1 nitrogen and oxygen atoms in total. The van der Waals surface area contributed by atoms with E-state index in [9.17, 15) is 0 Å². The smallest absolute Gasteiger partial charge is 0.112 e. The van der Waals surface area contributed by atoms with Crippen molar-refractivity contribution in [2.45, 2.75) is 6.92 Å². The Morgan fingerprint density at radius 3 is 2.50 bits per heavy atom. The van der Waals surface area contributed by atoms with Gasteiger partial charge in [0, 0.05) is 19.3 Å². The van der Waals surface area contributed by atoms with Crippen LogP contribution in [-0.4, -0.2) is 4.57 Å². The first-order valence-electron chi connectivity index (χ1n) is 2.41. The van der Waals surface area contributed by atoms with Crippen molar-refractivity contribution in [2.75, 3.05) is 0 Å². The Labute approximate surface area is 53.9 Å². The van der Waals surface area contributed by atoms with E-state index in [1.54, 1.807) is 0 Å². The molecule has 0 aliphatic heterocycles. The van der Waals surface area contributed by atoms with Gasteiger partial charge in [-0.3, -0.25) is 0 Å². The van der Waals surface area contributed by atoms with Crippen LogP contribution in [0.1, 0.15) is 5.56 Å². The topological polar surface area (TPSA) is 4.93 Å². The standard InChI is InChI=1S/C6H7ClN/c1-5-3-4-8(2)6(5)7/h4H,1-2H3. The van der Waals surface area contributed by atoms with Crippen molar-refractivity contribution in [1.29, 1.82) is 0 Å². The molecule has 0 amide bonds. The highest BCUT2D eigenvalue weighted by molar-refractivity contribution is 6.30. The van der Waals surface area contributed by atoms with Gasteiger partial charge in [-0.2, -0.15) is 0 Å². The van der Waals surface area contributed by atoms with Crippen LogP contribution in [0.3, 0.4) is 0 Å². The lowest BCUT2D eigenvalue weighted by Gasteiger charge is -1.90. The number of halogens is 1.